The van der Waals surface area contributed by atoms with E-state index in [9.17, 15) is 19.0 Å². The van der Waals surface area contributed by atoms with Crippen molar-refractivity contribution in [2.24, 2.45) is 0 Å². The van der Waals surface area contributed by atoms with Gasteiger partial charge in [0.2, 0.25) is 0 Å². The van der Waals surface area contributed by atoms with Gasteiger partial charge in [0.25, 0.3) is 7.82 Å². The number of rotatable bonds is 54. The first kappa shape index (κ1) is 65.8. The highest BCUT2D eigenvalue weighted by atomic mass is 31.2. The predicted molar refractivity (Wildman–Crippen MR) is 282 cm³/mol. The van der Waals surface area contributed by atoms with E-state index in [4.69, 9.17) is 18.5 Å². The Bertz CT molecular complexity index is 1140. The Kier molecular flexibility index (Phi) is 48.8. The summed E-state index contributed by atoms with van der Waals surface area (Å²) < 4.78 is 34.2. The van der Waals surface area contributed by atoms with Gasteiger partial charge in [0, 0.05) is 12.8 Å². The van der Waals surface area contributed by atoms with Crippen LogP contribution in [0.15, 0.2) is 12.2 Å². The molecule has 1 unspecified atom stereocenters. The van der Waals surface area contributed by atoms with Gasteiger partial charge in [0.05, 0.1) is 27.7 Å². The SMILES string of the molecule is CCCCCCCC/C=C/CCCCCCCCCCCCCC(=O)O[C@H](COC(=O)CCCCCCCCCCCCCCCCCCCCCCCC)COP(=O)([O-])OCC[N+](C)(C)C. The van der Waals surface area contributed by atoms with Crippen molar-refractivity contribution >= 4 is 19.8 Å². The molecular formula is C57H112NO8P. The van der Waals surface area contributed by atoms with Gasteiger partial charge in [-0.3, -0.25) is 14.2 Å². The third-order valence-electron chi connectivity index (χ3n) is 13.0. The van der Waals surface area contributed by atoms with Crippen LogP contribution in [0.25, 0.3) is 0 Å². The lowest BCUT2D eigenvalue weighted by molar-refractivity contribution is -0.870. The van der Waals surface area contributed by atoms with Crippen LogP contribution < -0.4 is 4.89 Å². The molecule has 0 aromatic carbocycles. The minimum Gasteiger partial charge on any atom is -0.756 e. The molecule has 67 heavy (non-hydrogen) atoms. The molecule has 0 saturated carbocycles. The molecule has 0 amide bonds. The number of ether oxygens (including phenoxy) is 2. The molecule has 0 radical (unpaired) electrons. The first-order valence-corrected chi connectivity index (χ1v) is 30.4. The molecule has 0 bridgehead atoms. The molecule has 0 saturated heterocycles. The molecule has 0 spiro atoms. The molecule has 0 heterocycles. The van der Waals surface area contributed by atoms with E-state index in [1.54, 1.807) is 0 Å². The fourth-order valence-corrected chi connectivity index (χ4v) is 9.26. The van der Waals surface area contributed by atoms with Gasteiger partial charge >= 0.3 is 11.9 Å². The minimum atomic E-state index is -4.63. The van der Waals surface area contributed by atoms with Gasteiger partial charge in [0.1, 0.15) is 19.8 Å². The Hall–Kier alpha value is -1.25. The van der Waals surface area contributed by atoms with Crippen LogP contribution in [0.2, 0.25) is 0 Å². The fraction of sp³-hybridized carbons (Fsp3) is 0.930. The highest BCUT2D eigenvalue weighted by molar-refractivity contribution is 7.45. The maximum absolute atomic E-state index is 12.8. The molecule has 0 aromatic rings. The first-order chi connectivity index (χ1) is 32.5. The molecule has 0 aliphatic carbocycles. The van der Waals surface area contributed by atoms with E-state index < -0.39 is 26.5 Å². The van der Waals surface area contributed by atoms with Crippen molar-refractivity contribution in [1.82, 2.24) is 0 Å². The number of carbonyl (C=O) groups is 2. The second-order valence-electron chi connectivity index (χ2n) is 21.0. The number of esters is 2. The minimum absolute atomic E-state index is 0.0270. The van der Waals surface area contributed by atoms with Gasteiger partial charge < -0.3 is 27.9 Å². The lowest BCUT2D eigenvalue weighted by atomic mass is 10.0. The van der Waals surface area contributed by atoms with E-state index in [1.165, 1.54) is 218 Å². The smallest absolute Gasteiger partial charge is 0.306 e. The molecule has 9 nitrogen and oxygen atoms in total. The number of quaternary nitrogens is 1. The monoisotopic (exact) mass is 970 g/mol. The summed E-state index contributed by atoms with van der Waals surface area (Å²) >= 11 is 0. The van der Waals surface area contributed by atoms with Crippen LogP contribution in [0.1, 0.15) is 290 Å². The maximum Gasteiger partial charge on any atom is 0.306 e. The number of hydrogen-bond acceptors (Lipinski definition) is 8. The maximum atomic E-state index is 12.8. The lowest BCUT2D eigenvalue weighted by Crippen LogP contribution is -2.37. The zero-order valence-corrected chi connectivity index (χ0v) is 46.0. The number of likely N-dealkylation sites (N-methyl/N-ethyl adjacent to an activating group) is 1. The molecule has 0 rings (SSSR count). The molecule has 398 valence electrons. The highest BCUT2D eigenvalue weighted by Crippen LogP contribution is 2.38. The van der Waals surface area contributed by atoms with Gasteiger partial charge in [-0.2, -0.15) is 0 Å². The number of hydrogen-bond donors (Lipinski definition) is 0. The molecular weight excluding hydrogens is 858 g/mol. The van der Waals surface area contributed by atoms with Gasteiger partial charge in [-0.25, -0.2) is 0 Å². The van der Waals surface area contributed by atoms with Crippen molar-refractivity contribution in [3.05, 3.63) is 12.2 Å². The third-order valence-corrected chi connectivity index (χ3v) is 14.0. The Balaban J connectivity index is 4.13. The van der Waals surface area contributed by atoms with Gasteiger partial charge in [-0.15, -0.1) is 0 Å². The van der Waals surface area contributed by atoms with Crippen LogP contribution in [0, 0.1) is 0 Å². The van der Waals surface area contributed by atoms with E-state index >= 15 is 0 Å². The summed E-state index contributed by atoms with van der Waals surface area (Å²) in [6.07, 6.45) is 56.8. The van der Waals surface area contributed by atoms with Crippen molar-refractivity contribution in [2.75, 3.05) is 47.5 Å². The first-order valence-electron chi connectivity index (χ1n) is 28.9. The number of phosphoric acid groups is 1. The molecule has 0 aromatic heterocycles. The molecule has 0 aliphatic heterocycles. The zero-order valence-electron chi connectivity index (χ0n) is 45.1. The second kappa shape index (κ2) is 49.7. The van der Waals surface area contributed by atoms with Crippen molar-refractivity contribution < 1.29 is 42.1 Å². The van der Waals surface area contributed by atoms with Crippen LogP contribution in [-0.4, -0.2) is 70.0 Å². The summed E-state index contributed by atoms with van der Waals surface area (Å²) in [6, 6.07) is 0. The molecule has 2 atom stereocenters. The summed E-state index contributed by atoms with van der Waals surface area (Å²) in [5.74, 6) is -0.815. The summed E-state index contributed by atoms with van der Waals surface area (Å²) in [5.41, 5.74) is 0. The number of phosphoric ester groups is 1. The van der Waals surface area contributed by atoms with Crippen LogP contribution >= 0.6 is 7.82 Å². The average Bonchev–Trinajstić information content (AvgIpc) is 3.29. The molecule has 0 aliphatic rings. The van der Waals surface area contributed by atoms with Crippen molar-refractivity contribution in [2.45, 2.75) is 296 Å². The highest BCUT2D eigenvalue weighted by Gasteiger charge is 2.22. The van der Waals surface area contributed by atoms with Gasteiger partial charge in [-0.1, -0.05) is 251 Å². The summed E-state index contributed by atoms with van der Waals surface area (Å²) in [6.45, 7) is 4.29. The summed E-state index contributed by atoms with van der Waals surface area (Å²) in [5, 5.41) is 0. The molecule has 10 heteroatoms. The quantitative estimate of drug-likeness (QED) is 0.0195. The number of nitrogens with zero attached hydrogens (tertiary/aromatic N) is 1. The van der Waals surface area contributed by atoms with Crippen molar-refractivity contribution in [1.29, 1.82) is 0 Å². The summed E-state index contributed by atoms with van der Waals surface area (Å²) in [7, 11) is 1.18. The van der Waals surface area contributed by atoms with Crippen LogP contribution in [0.3, 0.4) is 0 Å². The molecule has 0 N–H and O–H groups in total. The fourth-order valence-electron chi connectivity index (χ4n) is 8.54. The largest absolute Gasteiger partial charge is 0.756 e. The Labute approximate surface area is 416 Å². The van der Waals surface area contributed by atoms with Crippen LogP contribution in [0.4, 0.5) is 0 Å². The number of allylic oxidation sites excluding steroid dienone is 2. The standard InChI is InChI=1S/C57H112NO8P/c1-6-8-10-12-14-16-18-20-22-24-26-28-30-31-33-35-37-39-41-43-45-47-49-56(59)63-53-55(54-65-67(61,62)64-52-51-58(3,4)5)66-57(60)50-48-46-44-42-40-38-36-34-32-29-27-25-23-21-19-17-15-13-11-9-7-2/h21,23,55H,6-20,22,24-54H2,1-5H3/b23-21+/t55-/m1/s1. The topological polar surface area (TPSA) is 111 Å². The van der Waals surface area contributed by atoms with E-state index in [1.807, 2.05) is 21.1 Å². The molecule has 0 fully saturated rings. The van der Waals surface area contributed by atoms with Crippen LogP contribution in [0.5, 0.6) is 0 Å². The average molecular weight is 970 g/mol. The normalized spacial score (nSPS) is 13.3. The van der Waals surface area contributed by atoms with E-state index in [0.29, 0.717) is 17.4 Å². The van der Waals surface area contributed by atoms with E-state index in [0.717, 1.165) is 38.5 Å². The van der Waals surface area contributed by atoms with E-state index in [-0.39, 0.29) is 32.0 Å². The zero-order chi connectivity index (χ0) is 49.2. The number of unbranched alkanes of at least 4 members (excludes halogenated alkanes) is 38. The Morgan fingerprint density at radius 2 is 0.761 bits per heavy atom. The van der Waals surface area contributed by atoms with E-state index in [2.05, 4.69) is 26.0 Å². The summed E-state index contributed by atoms with van der Waals surface area (Å²) in [4.78, 5) is 37.8. The van der Waals surface area contributed by atoms with Crippen molar-refractivity contribution in [3.63, 3.8) is 0 Å². The number of carbonyl (C=O) groups excluding carboxylic acids is 2. The van der Waals surface area contributed by atoms with Gasteiger partial charge in [-0.05, 0) is 38.5 Å². The van der Waals surface area contributed by atoms with Crippen molar-refractivity contribution in [3.8, 4) is 0 Å². The predicted octanol–water partition coefficient (Wildman–Crippen LogP) is 17.0. The van der Waals surface area contributed by atoms with Gasteiger partial charge in [0.15, 0.2) is 6.10 Å². The third kappa shape index (κ3) is 53.9. The lowest BCUT2D eigenvalue weighted by Gasteiger charge is -2.28. The Morgan fingerprint density at radius 3 is 1.10 bits per heavy atom. The Morgan fingerprint density at radius 1 is 0.448 bits per heavy atom. The van der Waals surface area contributed by atoms with Crippen LogP contribution in [-0.2, 0) is 32.7 Å². The second-order valence-corrected chi connectivity index (χ2v) is 22.4.